The lowest BCUT2D eigenvalue weighted by molar-refractivity contribution is 0.351. The zero-order valence-electron chi connectivity index (χ0n) is 15.4. The molecule has 0 aliphatic rings. The van der Waals surface area contributed by atoms with Gasteiger partial charge in [-0.1, -0.05) is 0 Å². The predicted molar refractivity (Wildman–Crippen MR) is 109 cm³/mol. The van der Waals surface area contributed by atoms with Gasteiger partial charge in [0.05, 0.1) is 7.11 Å². The number of ether oxygens (including phenoxy) is 1. The van der Waals surface area contributed by atoms with Crippen LogP contribution in [0.3, 0.4) is 0 Å². The van der Waals surface area contributed by atoms with E-state index in [1.54, 1.807) is 0 Å². The van der Waals surface area contributed by atoms with Crippen molar-refractivity contribution in [2.24, 2.45) is 0 Å². The van der Waals surface area contributed by atoms with E-state index in [9.17, 15) is 42.4 Å². The smallest absolute Gasteiger partial charge is 0.200 e. The first-order valence-corrected chi connectivity index (χ1v) is 11.4. The molecule has 2 rings (SSSR count). The van der Waals surface area contributed by atoms with Crippen molar-refractivity contribution in [3.63, 3.8) is 0 Å². The topological polar surface area (TPSA) is 179 Å². The van der Waals surface area contributed by atoms with Gasteiger partial charge in [-0.25, -0.2) is 16.8 Å². The molecule has 0 heterocycles. The number of sulfone groups is 2. The molecule has 2 aromatic rings. The minimum Gasteiger partial charge on any atom is -0.504 e. The molecule has 162 valence electrons. The van der Waals surface area contributed by atoms with Crippen LogP contribution < -0.4 is 4.74 Å². The molecule has 0 aromatic heterocycles. The summed E-state index contributed by atoms with van der Waals surface area (Å²) in [5.41, 5.74) is 0.139. The second kappa shape index (κ2) is 8.55. The fourth-order valence-corrected chi connectivity index (χ4v) is 5.45. The van der Waals surface area contributed by atoms with Gasteiger partial charge < -0.3 is 30.3 Å². The van der Waals surface area contributed by atoms with E-state index in [1.165, 1.54) is 13.2 Å². The Balaban J connectivity index is 2.21. The van der Waals surface area contributed by atoms with Crippen LogP contribution in [0.4, 0.5) is 0 Å². The van der Waals surface area contributed by atoms with Crippen LogP contribution in [0.15, 0.2) is 35.1 Å². The number of rotatable bonds is 7. The predicted octanol–water partition coefficient (Wildman–Crippen LogP) is 1.65. The highest BCUT2D eigenvalue weighted by atomic mass is 32.3. The van der Waals surface area contributed by atoms with E-state index in [0.29, 0.717) is 10.8 Å². The van der Waals surface area contributed by atoms with Gasteiger partial charge in [-0.15, -0.1) is 0 Å². The number of phenols is 5. The summed E-state index contributed by atoms with van der Waals surface area (Å²) in [5, 5.41) is 47.2. The van der Waals surface area contributed by atoms with Crippen molar-refractivity contribution in [3.05, 3.63) is 46.2 Å². The van der Waals surface area contributed by atoms with Crippen LogP contribution in [0.5, 0.6) is 34.5 Å². The third-order valence-electron chi connectivity index (χ3n) is 3.65. The molecule has 0 radical (unpaired) electrons. The molecule has 10 nitrogen and oxygen atoms in total. The van der Waals surface area contributed by atoms with Crippen LogP contribution in [0.2, 0.25) is 0 Å². The van der Waals surface area contributed by atoms with E-state index >= 15 is 0 Å². The Bertz CT molecular complexity index is 1200. The van der Waals surface area contributed by atoms with E-state index in [0.717, 1.165) is 30.4 Å². The van der Waals surface area contributed by atoms with Crippen molar-refractivity contribution in [3.8, 4) is 34.5 Å². The second-order valence-corrected chi connectivity index (χ2v) is 10.2. The fourth-order valence-electron chi connectivity index (χ4n) is 2.26. The summed E-state index contributed by atoms with van der Waals surface area (Å²) in [5.74, 6) is -3.34. The van der Waals surface area contributed by atoms with Gasteiger partial charge in [-0.05, 0) is 47.5 Å². The van der Waals surface area contributed by atoms with Crippen molar-refractivity contribution in [2.45, 2.75) is 0 Å². The Hall–Kier alpha value is -3.38. The third-order valence-corrected chi connectivity index (χ3v) is 7.38. The van der Waals surface area contributed by atoms with Crippen LogP contribution in [0, 0.1) is 0 Å². The van der Waals surface area contributed by atoms with E-state index in [-0.39, 0.29) is 16.9 Å². The summed E-state index contributed by atoms with van der Waals surface area (Å²) in [6, 6.07) is 4.24. The summed E-state index contributed by atoms with van der Waals surface area (Å²) in [6.07, 6.45) is 1.96. The lowest BCUT2D eigenvalue weighted by atomic mass is 10.2. The highest BCUT2D eigenvalue weighted by Gasteiger charge is 2.18. The van der Waals surface area contributed by atoms with Gasteiger partial charge in [0, 0.05) is 10.8 Å². The lowest BCUT2D eigenvalue weighted by Gasteiger charge is -2.06. The molecule has 0 saturated carbocycles. The number of hydrogen-bond donors (Lipinski definition) is 5. The second-order valence-electron chi connectivity index (χ2n) is 6.05. The molecular weight excluding hydrogens is 440 g/mol. The molecule has 0 fully saturated rings. The molecule has 0 bridgehead atoms. The average Bonchev–Trinajstić information content (AvgIpc) is 2.64. The molecule has 2 aromatic carbocycles. The van der Waals surface area contributed by atoms with Crippen molar-refractivity contribution >= 4 is 31.8 Å². The molecule has 5 N–H and O–H groups in total. The van der Waals surface area contributed by atoms with Gasteiger partial charge in [0.1, 0.15) is 0 Å². The number of aromatic hydroxyl groups is 5. The molecular formula is C18H18O10S2. The van der Waals surface area contributed by atoms with Crippen molar-refractivity contribution in [2.75, 3.05) is 12.2 Å². The van der Waals surface area contributed by atoms with E-state index in [4.69, 9.17) is 4.74 Å². The Labute approximate surface area is 172 Å². The summed E-state index contributed by atoms with van der Waals surface area (Å²) >= 11 is 0. The first kappa shape index (κ1) is 22.9. The zero-order chi connectivity index (χ0) is 22.7. The molecule has 12 heteroatoms. The van der Waals surface area contributed by atoms with Crippen LogP contribution in [0.25, 0.3) is 12.2 Å². The van der Waals surface area contributed by atoms with Crippen LogP contribution in [-0.4, -0.2) is 54.6 Å². The SMILES string of the molecule is COc1cc(/C=C/S(=O)(=O)CS(=O)(=O)/C=C/c2cc(O)c(O)c(O)c2)cc(O)c1O. The van der Waals surface area contributed by atoms with Crippen LogP contribution >= 0.6 is 0 Å². The average molecular weight is 458 g/mol. The highest BCUT2D eigenvalue weighted by Crippen LogP contribution is 2.37. The Kier molecular flexibility index (Phi) is 6.53. The zero-order valence-corrected chi connectivity index (χ0v) is 17.1. The van der Waals surface area contributed by atoms with Crippen molar-refractivity contribution in [1.29, 1.82) is 0 Å². The minimum atomic E-state index is -4.26. The molecule has 0 unspecified atom stereocenters. The summed E-state index contributed by atoms with van der Waals surface area (Å²) in [4.78, 5) is 0. The molecule has 0 saturated heterocycles. The number of hydrogen-bond acceptors (Lipinski definition) is 10. The molecule has 0 spiro atoms. The Morgan fingerprint density at radius 1 is 0.733 bits per heavy atom. The fraction of sp³-hybridized carbons (Fsp3) is 0.111. The van der Waals surface area contributed by atoms with Gasteiger partial charge in [0.15, 0.2) is 53.5 Å². The maximum atomic E-state index is 12.1. The standard InChI is InChI=1S/C18H18O10S2/c1-28-16-9-12(8-15(21)18(16)23)3-5-30(26,27)10-29(24,25)4-2-11-6-13(19)17(22)14(20)7-11/h2-9,19-23H,10H2,1H3/b4-2+,5-3+. The van der Waals surface area contributed by atoms with Crippen molar-refractivity contribution < 1.29 is 47.1 Å². The number of benzene rings is 2. The monoisotopic (exact) mass is 458 g/mol. The molecule has 0 atom stereocenters. The molecule has 0 aliphatic carbocycles. The highest BCUT2D eigenvalue weighted by molar-refractivity contribution is 8.10. The minimum absolute atomic E-state index is 0.00554. The first-order valence-electron chi connectivity index (χ1n) is 8.00. The first-order chi connectivity index (χ1) is 13.8. The van der Waals surface area contributed by atoms with Gasteiger partial charge in [-0.2, -0.15) is 0 Å². The maximum Gasteiger partial charge on any atom is 0.200 e. The molecule has 30 heavy (non-hydrogen) atoms. The van der Waals surface area contributed by atoms with Crippen molar-refractivity contribution in [1.82, 2.24) is 0 Å². The van der Waals surface area contributed by atoms with Gasteiger partial charge in [0.2, 0.25) is 5.75 Å². The quantitative estimate of drug-likeness (QED) is 0.383. The van der Waals surface area contributed by atoms with E-state index in [1.807, 2.05) is 0 Å². The summed E-state index contributed by atoms with van der Waals surface area (Å²) in [6.45, 7) is 0. The molecule has 0 amide bonds. The Morgan fingerprint density at radius 2 is 1.13 bits per heavy atom. The summed E-state index contributed by atoms with van der Waals surface area (Å²) in [7, 11) is -7.29. The maximum absolute atomic E-state index is 12.1. The summed E-state index contributed by atoms with van der Waals surface area (Å²) < 4.78 is 53.3. The number of methoxy groups -OCH3 is 1. The normalized spacial score (nSPS) is 12.6. The number of phenolic OH excluding ortho intramolecular Hbond substituents is 5. The van der Waals surface area contributed by atoms with Crippen LogP contribution in [0.1, 0.15) is 11.1 Å². The Morgan fingerprint density at radius 3 is 1.57 bits per heavy atom. The van der Waals surface area contributed by atoms with E-state index in [2.05, 4.69) is 0 Å². The largest absolute Gasteiger partial charge is 0.504 e. The third kappa shape index (κ3) is 5.81. The van der Waals surface area contributed by atoms with Crippen LogP contribution in [-0.2, 0) is 19.7 Å². The lowest BCUT2D eigenvalue weighted by Crippen LogP contribution is -2.11. The van der Waals surface area contributed by atoms with Gasteiger partial charge in [-0.3, -0.25) is 0 Å². The van der Waals surface area contributed by atoms with Gasteiger partial charge >= 0.3 is 0 Å². The molecule has 0 aliphatic heterocycles. The van der Waals surface area contributed by atoms with E-state index < -0.39 is 53.5 Å². The van der Waals surface area contributed by atoms with Gasteiger partial charge in [0.25, 0.3) is 0 Å².